The Kier molecular flexibility index (Phi) is 6.20. The van der Waals surface area contributed by atoms with E-state index >= 15 is 0 Å². The summed E-state index contributed by atoms with van der Waals surface area (Å²) in [5.41, 5.74) is 3.84. The SMILES string of the molecule is N#CC1(CCCN2CCC(n3c(=O)[nH]c4ccccc43)CC2)Cc2ccccc2Sc2ccccc21. The zero-order valence-electron chi connectivity index (χ0n) is 20.3. The van der Waals surface area contributed by atoms with E-state index in [2.05, 4.69) is 64.5 Å². The lowest BCUT2D eigenvalue weighted by Crippen LogP contribution is -2.38. The number of aromatic nitrogens is 2. The highest BCUT2D eigenvalue weighted by atomic mass is 32.2. The summed E-state index contributed by atoms with van der Waals surface area (Å²) in [6.45, 7) is 2.94. The van der Waals surface area contributed by atoms with Crippen molar-refractivity contribution in [3.05, 3.63) is 94.4 Å². The Morgan fingerprint density at radius 3 is 2.53 bits per heavy atom. The second-order valence-electron chi connectivity index (χ2n) is 10.1. The maximum absolute atomic E-state index is 12.6. The number of H-pyrrole nitrogens is 1. The van der Waals surface area contributed by atoms with Crippen LogP contribution >= 0.6 is 11.8 Å². The first-order chi connectivity index (χ1) is 17.7. The molecular weight excluding hydrogens is 464 g/mol. The summed E-state index contributed by atoms with van der Waals surface area (Å²) in [6, 6.07) is 27.9. The number of benzene rings is 3. The highest BCUT2D eigenvalue weighted by molar-refractivity contribution is 7.99. The van der Waals surface area contributed by atoms with Gasteiger partial charge < -0.3 is 9.88 Å². The smallest absolute Gasteiger partial charge is 0.306 e. The molecule has 1 unspecified atom stereocenters. The number of nitrogens with one attached hydrogen (secondary N) is 1. The van der Waals surface area contributed by atoms with Gasteiger partial charge in [0, 0.05) is 28.9 Å². The molecule has 0 radical (unpaired) electrons. The van der Waals surface area contributed by atoms with E-state index in [1.165, 1.54) is 20.9 Å². The molecule has 1 N–H and O–H groups in total. The van der Waals surface area contributed by atoms with Crippen molar-refractivity contribution >= 4 is 22.8 Å². The van der Waals surface area contributed by atoms with Crippen LogP contribution in [0, 0.1) is 11.3 Å². The molecule has 6 heteroatoms. The van der Waals surface area contributed by atoms with Crippen molar-refractivity contribution in [1.29, 1.82) is 5.26 Å². The van der Waals surface area contributed by atoms with Gasteiger partial charge in [-0.3, -0.25) is 4.57 Å². The maximum Gasteiger partial charge on any atom is 0.326 e. The van der Waals surface area contributed by atoms with Crippen molar-refractivity contribution in [2.45, 2.75) is 53.4 Å². The maximum atomic E-state index is 12.6. The van der Waals surface area contributed by atoms with Crippen LogP contribution in [0.15, 0.2) is 87.4 Å². The second-order valence-corrected chi connectivity index (χ2v) is 11.2. The van der Waals surface area contributed by atoms with Crippen molar-refractivity contribution < 1.29 is 0 Å². The predicted molar refractivity (Wildman–Crippen MR) is 145 cm³/mol. The molecule has 4 aromatic rings. The number of aromatic amines is 1. The quantitative estimate of drug-likeness (QED) is 0.374. The molecule has 5 nitrogen and oxygen atoms in total. The molecule has 1 aromatic heterocycles. The van der Waals surface area contributed by atoms with Gasteiger partial charge in [0.05, 0.1) is 22.5 Å². The first kappa shape index (κ1) is 23.1. The summed E-state index contributed by atoms with van der Waals surface area (Å²) < 4.78 is 1.95. The van der Waals surface area contributed by atoms with Gasteiger partial charge in [-0.05, 0) is 74.0 Å². The van der Waals surface area contributed by atoms with E-state index in [1.54, 1.807) is 11.8 Å². The Labute approximate surface area is 215 Å². The van der Waals surface area contributed by atoms with Gasteiger partial charge >= 0.3 is 5.69 Å². The number of imidazole rings is 1. The summed E-state index contributed by atoms with van der Waals surface area (Å²) in [7, 11) is 0. The van der Waals surface area contributed by atoms with Gasteiger partial charge in [0.2, 0.25) is 0 Å². The fourth-order valence-corrected chi connectivity index (χ4v) is 7.24. The van der Waals surface area contributed by atoms with Gasteiger partial charge in [0.15, 0.2) is 0 Å². The lowest BCUT2D eigenvalue weighted by atomic mass is 9.73. The van der Waals surface area contributed by atoms with Crippen LogP contribution in [0.3, 0.4) is 0 Å². The largest absolute Gasteiger partial charge is 0.326 e. The van der Waals surface area contributed by atoms with Gasteiger partial charge in [-0.1, -0.05) is 60.3 Å². The monoisotopic (exact) mass is 494 g/mol. The molecule has 2 aliphatic heterocycles. The number of fused-ring (bicyclic) bond motifs is 3. The lowest BCUT2D eigenvalue weighted by Gasteiger charge is -2.34. The third kappa shape index (κ3) is 4.17. The van der Waals surface area contributed by atoms with Crippen molar-refractivity contribution in [2.75, 3.05) is 19.6 Å². The molecule has 3 heterocycles. The van der Waals surface area contributed by atoms with Crippen LogP contribution in [0.2, 0.25) is 0 Å². The standard InChI is InChI=1S/C30H30N4OS/c31-21-30(20-22-8-1-5-12-27(22)36-28-13-6-2-9-24(28)30)16-7-17-33-18-14-23(15-19-33)34-26-11-4-3-10-25(26)32-29(34)35/h1-6,8-13,23H,7,14-20H2,(H,32,35). The molecule has 0 bridgehead atoms. The van der Waals surface area contributed by atoms with Crippen LogP contribution in [0.4, 0.5) is 0 Å². The number of para-hydroxylation sites is 2. The zero-order chi connectivity index (χ0) is 24.5. The zero-order valence-corrected chi connectivity index (χ0v) is 21.1. The van der Waals surface area contributed by atoms with E-state index in [0.29, 0.717) is 0 Å². The fourth-order valence-electron chi connectivity index (χ4n) is 6.06. The number of likely N-dealkylation sites (tertiary alicyclic amines) is 1. The third-order valence-electron chi connectivity index (χ3n) is 7.93. The summed E-state index contributed by atoms with van der Waals surface area (Å²) in [6.07, 6.45) is 4.52. The van der Waals surface area contributed by atoms with Crippen LogP contribution in [0.1, 0.15) is 42.9 Å². The normalized spacial score (nSPS) is 20.4. The first-order valence-electron chi connectivity index (χ1n) is 12.8. The van der Waals surface area contributed by atoms with Gasteiger partial charge in [0.25, 0.3) is 0 Å². The predicted octanol–water partition coefficient (Wildman–Crippen LogP) is 5.92. The van der Waals surface area contributed by atoms with Crippen LogP contribution in [0.25, 0.3) is 11.0 Å². The topological polar surface area (TPSA) is 64.8 Å². The van der Waals surface area contributed by atoms with Crippen LogP contribution < -0.4 is 5.69 Å². The van der Waals surface area contributed by atoms with E-state index < -0.39 is 5.41 Å². The minimum atomic E-state index is -0.508. The molecule has 3 aromatic carbocycles. The molecule has 0 amide bonds. The van der Waals surface area contributed by atoms with E-state index in [0.717, 1.165) is 62.8 Å². The third-order valence-corrected chi connectivity index (χ3v) is 9.12. The Morgan fingerprint density at radius 1 is 0.972 bits per heavy atom. The highest BCUT2D eigenvalue weighted by Gasteiger charge is 2.37. The lowest BCUT2D eigenvalue weighted by molar-refractivity contribution is 0.181. The summed E-state index contributed by atoms with van der Waals surface area (Å²) in [4.78, 5) is 20.6. The fraction of sp³-hybridized carbons (Fsp3) is 0.333. The molecule has 1 fully saturated rings. The molecule has 2 aliphatic rings. The van der Waals surface area contributed by atoms with E-state index in [-0.39, 0.29) is 11.7 Å². The average molecular weight is 495 g/mol. The van der Waals surface area contributed by atoms with Crippen molar-refractivity contribution in [3.63, 3.8) is 0 Å². The Hall–Kier alpha value is -3.27. The molecule has 0 aliphatic carbocycles. The van der Waals surface area contributed by atoms with Crippen molar-refractivity contribution in [1.82, 2.24) is 14.5 Å². The minimum Gasteiger partial charge on any atom is -0.306 e. The molecule has 6 rings (SSSR count). The van der Waals surface area contributed by atoms with E-state index in [4.69, 9.17) is 0 Å². The van der Waals surface area contributed by atoms with Gasteiger partial charge in [-0.25, -0.2) is 4.79 Å². The molecule has 1 saturated heterocycles. The number of piperidine rings is 1. The number of nitriles is 1. The van der Waals surface area contributed by atoms with Crippen molar-refractivity contribution in [2.24, 2.45) is 0 Å². The highest BCUT2D eigenvalue weighted by Crippen LogP contribution is 2.46. The van der Waals surface area contributed by atoms with Crippen LogP contribution in [-0.2, 0) is 11.8 Å². The molecule has 0 spiro atoms. The minimum absolute atomic E-state index is 0.00390. The summed E-state index contributed by atoms with van der Waals surface area (Å²) >= 11 is 1.79. The number of hydrogen-bond acceptors (Lipinski definition) is 4. The van der Waals surface area contributed by atoms with Gasteiger partial charge in [-0.2, -0.15) is 5.26 Å². The molecule has 0 saturated carbocycles. The van der Waals surface area contributed by atoms with Crippen LogP contribution in [-0.4, -0.2) is 34.1 Å². The van der Waals surface area contributed by atoms with E-state index in [1.807, 2.05) is 28.8 Å². The second kappa shape index (κ2) is 9.65. The summed E-state index contributed by atoms with van der Waals surface area (Å²) in [5.74, 6) is 0. The molecule has 182 valence electrons. The number of nitrogens with zero attached hydrogens (tertiary/aromatic N) is 3. The Balaban J connectivity index is 1.14. The van der Waals surface area contributed by atoms with Gasteiger partial charge in [0.1, 0.15) is 0 Å². The number of hydrogen-bond donors (Lipinski definition) is 1. The Morgan fingerprint density at radius 2 is 1.69 bits per heavy atom. The average Bonchev–Trinajstić information content (AvgIpc) is 3.17. The molecule has 1 atom stereocenters. The molecular formula is C30H30N4OS. The van der Waals surface area contributed by atoms with Crippen molar-refractivity contribution in [3.8, 4) is 6.07 Å². The summed E-state index contributed by atoms with van der Waals surface area (Å²) in [5, 5.41) is 10.5. The van der Waals surface area contributed by atoms with Crippen LogP contribution in [0.5, 0.6) is 0 Å². The first-order valence-corrected chi connectivity index (χ1v) is 13.7. The van der Waals surface area contributed by atoms with Gasteiger partial charge in [-0.15, -0.1) is 0 Å². The number of rotatable bonds is 5. The Bertz CT molecular complexity index is 1490. The van der Waals surface area contributed by atoms with E-state index in [9.17, 15) is 10.1 Å². The molecule has 36 heavy (non-hydrogen) atoms.